The van der Waals surface area contributed by atoms with Crippen LogP contribution in [0, 0.1) is 0 Å². The topological polar surface area (TPSA) is 98.9 Å². The van der Waals surface area contributed by atoms with Gasteiger partial charge in [0.1, 0.15) is 6.04 Å². The van der Waals surface area contributed by atoms with Gasteiger partial charge in [-0.1, -0.05) is 0 Å². The van der Waals surface area contributed by atoms with Crippen LogP contribution in [-0.4, -0.2) is 36.0 Å². The molecule has 0 fully saturated rings. The molecule has 0 spiro atoms. The fourth-order valence-corrected chi connectivity index (χ4v) is 2.58. The molecule has 0 radical (unpaired) electrons. The van der Waals surface area contributed by atoms with E-state index in [-0.39, 0.29) is 13.2 Å². The van der Waals surface area contributed by atoms with Crippen molar-refractivity contribution in [1.29, 1.82) is 0 Å². The second-order valence-electron chi connectivity index (χ2n) is 3.15. The molecule has 6 nitrogen and oxygen atoms in total. The van der Waals surface area contributed by atoms with E-state index in [1.807, 2.05) is 0 Å². The zero-order valence-electron chi connectivity index (χ0n) is 9.56. The standard InChI is InChI=1S/C8H16F2NO5P/c1-3-15-17(14,16-4-2)8(9,10)5-6(11)7(12)13/h6H,3-5,11H2,1-2H3,(H,12,13). The molecular weight excluding hydrogens is 259 g/mol. The molecule has 0 saturated carbocycles. The molecule has 102 valence electrons. The molecule has 0 aliphatic rings. The highest BCUT2D eigenvalue weighted by Crippen LogP contribution is 2.63. The molecule has 0 aromatic carbocycles. The molecule has 17 heavy (non-hydrogen) atoms. The van der Waals surface area contributed by atoms with Gasteiger partial charge in [-0.2, -0.15) is 8.78 Å². The highest BCUT2D eigenvalue weighted by atomic mass is 31.2. The Balaban J connectivity index is 4.95. The molecule has 1 atom stereocenters. The van der Waals surface area contributed by atoms with Crippen molar-refractivity contribution in [1.82, 2.24) is 0 Å². The van der Waals surface area contributed by atoms with Crippen molar-refractivity contribution in [2.45, 2.75) is 32.0 Å². The van der Waals surface area contributed by atoms with Gasteiger partial charge in [-0.05, 0) is 13.8 Å². The summed E-state index contributed by atoms with van der Waals surface area (Å²) in [5.41, 5.74) is 1.05. The minimum atomic E-state index is -4.69. The molecule has 0 bridgehead atoms. The highest BCUT2D eigenvalue weighted by molar-refractivity contribution is 7.55. The summed E-state index contributed by atoms with van der Waals surface area (Å²) in [5.74, 6) is -1.61. The minimum absolute atomic E-state index is 0.241. The summed E-state index contributed by atoms with van der Waals surface area (Å²) in [4.78, 5) is 10.4. The van der Waals surface area contributed by atoms with Crippen LogP contribution in [0.5, 0.6) is 0 Å². The van der Waals surface area contributed by atoms with E-state index in [0.29, 0.717) is 0 Å². The van der Waals surface area contributed by atoms with E-state index in [2.05, 4.69) is 9.05 Å². The lowest BCUT2D eigenvalue weighted by atomic mass is 10.2. The van der Waals surface area contributed by atoms with Crippen LogP contribution in [0.3, 0.4) is 0 Å². The van der Waals surface area contributed by atoms with Crippen molar-refractivity contribution in [3.63, 3.8) is 0 Å². The number of alkyl halides is 2. The first-order chi connectivity index (χ1) is 7.70. The Bertz CT molecular complexity index is 302. The zero-order valence-corrected chi connectivity index (χ0v) is 10.5. The summed E-state index contributed by atoms with van der Waals surface area (Å²) in [6, 6.07) is -1.83. The van der Waals surface area contributed by atoms with E-state index < -0.39 is 31.7 Å². The summed E-state index contributed by atoms with van der Waals surface area (Å²) in [6.45, 7) is 2.27. The van der Waals surface area contributed by atoms with Crippen LogP contribution in [0.25, 0.3) is 0 Å². The van der Waals surface area contributed by atoms with E-state index in [1.165, 1.54) is 13.8 Å². The van der Waals surface area contributed by atoms with E-state index in [1.54, 1.807) is 0 Å². The molecule has 0 aliphatic heterocycles. The molecule has 0 aromatic rings. The van der Waals surface area contributed by atoms with Gasteiger partial charge >= 0.3 is 19.2 Å². The number of hydrogen-bond donors (Lipinski definition) is 2. The number of hydrogen-bond acceptors (Lipinski definition) is 5. The number of aliphatic carboxylic acids is 1. The van der Waals surface area contributed by atoms with Crippen molar-refractivity contribution in [3.8, 4) is 0 Å². The first kappa shape index (κ1) is 16.4. The van der Waals surface area contributed by atoms with Crippen LogP contribution in [0.2, 0.25) is 0 Å². The van der Waals surface area contributed by atoms with Gasteiger partial charge in [-0.25, -0.2) is 0 Å². The van der Waals surface area contributed by atoms with Gasteiger partial charge in [0.25, 0.3) is 0 Å². The third-order valence-corrected chi connectivity index (χ3v) is 3.96. The van der Waals surface area contributed by atoms with Gasteiger partial charge in [-0.3, -0.25) is 9.36 Å². The van der Waals surface area contributed by atoms with Crippen LogP contribution < -0.4 is 5.73 Å². The number of nitrogens with two attached hydrogens (primary N) is 1. The summed E-state index contributed by atoms with van der Waals surface area (Å²) in [6.07, 6.45) is -1.31. The van der Waals surface area contributed by atoms with Gasteiger partial charge in [0.15, 0.2) is 0 Å². The molecule has 0 rings (SSSR count). The third-order valence-electron chi connectivity index (χ3n) is 1.78. The number of carboxylic acid groups (broad SMARTS) is 1. The maximum atomic E-state index is 13.6. The Labute approximate surface area is 97.6 Å². The number of carboxylic acids is 1. The Morgan fingerprint density at radius 3 is 2.12 bits per heavy atom. The van der Waals surface area contributed by atoms with Crippen molar-refractivity contribution < 1.29 is 32.3 Å². The van der Waals surface area contributed by atoms with Gasteiger partial charge in [0.05, 0.1) is 13.2 Å². The Morgan fingerprint density at radius 2 is 1.82 bits per heavy atom. The fraction of sp³-hybridized carbons (Fsp3) is 0.875. The number of carbonyl (C=O) groups is 1. The lowest BCUT2D eigenvalue weighted by Crippen LogP contribution is -2.37. The summed E-state index contributed by atoms with van der Waals surface area (Å²) >= 11 is 0. The smallest absolute Gasteiger partial charge is 0.399 e. The molecule has 3 N–H and O–H groups in total. The molecule has 0 saturated heterocycles. The first-order valence-corrected chi connectivity index (χ1v) is 6.50. The van der Waals surface area contributed by atoms with Crippen LogP contribution >= 0.6 is 7.60 Å². The Hall–Kier alpha value is -0.560. The molecular formula is C8H16F2NO5P. The average Bonchev–Trinajstić information content (AvgIpc) is 2.17. The zero-order chi connectivity index (χ0) is 13.7. The van der Waals surface area contributed by atoms with Crippen molar-refractivity contribution in [2.24, 2.45) is 5.73 Å². The maximum absolute atomic E-state index is 13.6. The van der Waals surface area contributed by atoms with Gasteiger partial charge in [0.2, 0.25) is 0 Å². The molecule has 0 heterocycles. The summed E-state index contributed by atoms with van der Waals surface area (Å²) in [7, 11) is -4.69. The SMILES string of the molecule is CCOP(=O)(OCC)C(F)(F)CC(N)C(=O)O. The van der Waals surface area contributed by atoms with E-state index >= 15 is 0 Å². The predicted molar refractivity (Wildman–Crippen MR) is 56.0 cm³/mol. The molecule has 0 amide bonds. The van der Waals surface area contributed by atoms with Gasteiger partial charge in [0, 0.05) is 6.42 Å². The largest absolute Gasteiger partial charge is 0.480 e. The average molecular weight is 275 g/mol. The molecule has 1 unspecified atom stereocenters. The van der Waals surface area contributed by atoms with Crippen LogP contribution in [-0.2, 0) is 18.4 Å². The third kappa shape index (κ3) is 4.31. The highest BCUT2D eigenvalue weighted by Gasteiger charge is 2.54. The first-order valence-electron chi connectivity index (χ1n) is 4.95. The second-order valence-corrected chi connectivity index (χ2v) is 5.31. The normalized spacial score (nSPS) is 14.6. The molecule has 9 heteroatoms. The van der Waals surface area contributed by atoms with Crippen LogP contribution in [0.4, 0.5) is 8.78 Å². The number of rotatable bonds is 8. The van der Waals surface area contributed by atoms with Crippen LogP contribution in [0.1, 0.15) is 20.3 Å². The monoisotopic (exact) mass is 275 g/mol. The van der Waals surface area contributed by atoms with Gasteiger partial charge in [-0.15, -0.1) is 0 Å². The van der Waals surface area contributed by atoms with Crippen molar-refractivity contribution in [3.05, 3.63) is 0 Å². The molecule has 0 aromatic heterocycles. The Morgan fingerprint density at radius 1 is 1.41 bits per heavy atom. The van der Waals surface area contributed by atoms with Crippen molar-refractivity contribution >= 4 is 13.6 Å². The van der Waals surface area contributed by atoms with Crippen molar-refractivity contribution in [2.75, 3.05) is 13.2 Å². The van der Waals surface area contributed by atoms with Gasteiger partial charge < -0.3 is 19.9 Å². The molecule has 0 aliphatic carbocycles. The lowest BCUT2D eigenvalue weighted by molar-refractivity contribution is -0.140. The summed E-state index contributed by atoms with van der Waals surface area (Å²) in [5, 5.41) is 8.44. The quantitative estimate of drug-likeness (QED) is 0.653. The van der Waals surface area contributed by atoms with E-state index in [9.17, 15) is 18.1 Å². The predicted octanol–water partition coefficient (Wildman–Crippen LogP) is 1.65. The lowest BCUT2D eigenvalue weighted by Gasteiger charge is -2.26. The van der Waals surface area contributed by atoms with Crippen LogP contribution in [0.15, 0.2) is 0 Å². The fourth-order valence-electron chi connectivity index (χ4n) is 1.03. The Kier molecular flexibility index (Phi) is 6.18. The minimum Gasteiger partial charge on any atom is -0.480 e. The maximum Gasteiger partial charge on any atom is 0.399 e. The van der Waals surface area contributed by atoms with E-state index in [4.69, 9.17) is 10.8 Å². The van der Waals surface area contributed by atoms with E-state index in [0.717, 1.165) is 0 Å². The number of halogens is 2. The second kappa shape index (κ2) is 6.39. The summed E-state index contributed by atoms with van der Waals surface area (Å²) < 4.78 is 47.9.